The van der Waals surface area contributed by atoms with E-state index in [0.29, 0.717) is 60.9 Å². The number of fused-ring (bicyclic) bond motifs is 1. The highest BCUT2D eigenvalue weighted by Gasteiger charge is 2.32. The number of halogens is 4. The summed E-state index contributed by atoms with van der Waals surface area (Å²) in [6.07, 6.45) is -2.54. The fourth-order valence-corrected chi connectivity index (χ4v) is 3.95. The van der Waals surface area contributed by atoms with E-state index in [1.165, 1.54) is 6.07 Å². The molecule has 0 bridgehead atoms. The van der Waals surface area contributed by atoms with Gasteiger partial charge in [-0.15, -0.1) is 0 Å². The van der Waals surface area contributed by atoms with Crippen molar-refractivity contribution in [2.24, 2.45) is 0 Å². The lowest BCUT2D eigenvalue weighted by Crippen LogP contribution is -2.41. The van der Waals surface area contributed by atoms with Gasteiger partial charge in [0.15, 0.2) is 0 Å². The number of amides is 1. The SMILES string of the molecule is C[C@@H](Nc1nc(Cl)nc2c1CC(C(=O)N1CCOCC1)=C2)c1cc(N)cc(C(F)(F)F)c1. The van der Waals surface area contributed by atoms with Gasteiger partial charge < -0.3 is 20.7 Å². The van der Waals surface area contributed by atoms with Crippen molar-refractivity contribution in [2.75, 3.05) is 37.4 Å². The number of morpholine rings is 1. The number of benzene rings is 1. The van der Waals surface area contributed by atoms with Crippen LogP contribution >= 0.6 is 11.6 Å². The monoisotopic (exact) mass is 467 g/mol. The molecule has 1 atom stereocenters. The number of nitrogen functional groups attached to an aromatic ring is 1. The summed E-state index contributed by atoms with van der Waals surface area (Å²) in [5, 5.41) is 3.08. The van der Waals surface area contributed by atoms with E-state index >= 15 is 0 Å². The van der Waals surface area contributed by atoms with E-state index in [1.54, 1.807) is 17.9 Å². The number of nitrogens with two attached hydrogens (primary N) is 1. The van der Waals surface area contributed by atoms with Gasteiger partial charge in [-0.3, -0.25) is 4.79 Å². The molecule has 1 aliphatic carbocycles. The molecule has 0 saturated carbocycles. The summed E-state index contributed by atoms with van der Waals surface area (Å²) < 4.78 is 44.8. The maximum Gasteiger partial charge on any atom is 0.416 e. The molecular weight excluding hydrogens is 447 g/mol. The van der Waals surface area contributed by atoms with Crippen molar-refractivity contribution in [1.29, 1.82) is 0 Å². The minimum Gasteiger partial charge on any atom is -0.399 e. The fraction of sp³-hybridized carbons (Fsp3) is 0.381. The molecule has 7 nitrogen and oxygen atoms in total. The highest BCUT2D eigenvalue weighted by atomic mass is 35.5. The summed E-state index contributed by atoms with van der Waals surface area (Å²) in [6.45, 7) is 3.69. The van der Waals surface area contributed by atoms with E-state index in [1.807, 2.05) is 0 Å². The first-order chi connectivity index (χ1) is 15.1. The van der Waals surface area contributed by atoms with Gasteiger partial charge in [0.05, 0.1) is 30.5 Å². The number of alkyl halides is 3. The van der Waals surface area contributed by atoms with Crippen LogP contribution in [0.4, 0.5) is 24.7 Å². The molecule has 1 aromatic carbocycles. The van der Waals surface area contributed by atoms with Crippen LogP contribution in [0, 0.1) is 0 Å². The van der Waals surface area contributed by atoms with Crippen LogP contribution in [-0.2, 0) is 22.1 Å². The normalized spacial score (nSPS) is 17.0. The molecule has 2 aliphatic rings. The lowest BCUT2D eigenvalue weighted by molar-refractivity contribution is -0.137. The molecule has 1 fully saturated rings. The first kappa shape index (κ1) is 22.3. The van der Waals surface area contributed by atoms with Crippen molar-refractivity contribution in [2.45, 2.75) is 25.6 Å². The number of rotatable bonds is 4. The molecular formula is C21H21ClF3N5O2. The van der Waals surface area contributed by atoms with E-state index in [2.05, 4.69) is 15.3 Å². The number of ether oxygens (including phenoxy) is 1. The largest absolute Gasteiger partial charge is 0.416 e. The molecule has 170 valence electrons. The van der Waals surface area contributed by atoms with Crippen LogP contribution < -0.4 is 11.1 Å². The van der Waals surface area contributed by atoms with Crippen LogP contribution in [0.5, 0.6) is 0 Å². The predicted octanol–water partition coefficient (Wildman–Crippen LogP) is 3.70. The van der Waals surface area contributed by atoms with Crippen LogP contribution in [0.15, 0.2) is 23.8 Å². The Hall–Kier alpha value is -2.85. The van der Waals surface area contributed by atoms with Gasteiger partial charge in [-0.2, -0.15) is 13.2 Å². The number of nitrogens with zero attached hydrogens (tertiary/aromatic N) is 3. The Labute approximate surface area is 187 Å². The molecule has 32 heavy (non-hydrogen) atoms. The molecule has 0 unspecified atom stereocenters. The van der Waals surface area contributed by atoms with Crippen molar-refractivity contribution in [3.05, 3.63) is 51.4 Å². The first-order valence-corrected chi connectivity index (χ1v) is 10.4. The number of hydrogen-bond donors (Lipinski definition) is 2. The minimum absolute atomic E-state index is 0.00878. The van der Waals surface area contributed by atoms with Gasteiger partial charge in [0.25, 0.3) is 0 Å². The third-order valence-corrected chi connectivity index (χ3v) is 5.59. The summed E-state index contributed by atoms with van der Waals surface area (Å²) in [6, 6.07) is 2.85. The van der Waals surface area contributed by atoms with Crippen LogP contribution in [0.25, 0.3) is 6.08 Å². The van der Waals surface area contributed by atoms with Crippen molar-refractivity contribution >= 4 is 35.1 Å². The van der Waals surface area contributed by atoms with Crippen molar-refractivity contribution < 1.29 is 22.7 Å². The molecule has 1 aliphatic heterocycles. The lowest BCUT2D eigenvalue weighted by atomic mass is 10.0. The van der Waals surface area contributed by atoms with E-state index in [0.717, 1.165) is 12.1 Å². The Morgan fingerprint density at radius 2 is 1.97 bits per heavy atom. The van der Waals surface area contributed by atoms with Gasteiger partial charge in [-0.25, -0.2) is 9.97 Å². The minimum atomic E-state index is -4.51. The zero-order valence-electron chi connectivity index (χ0n) is 17.2. The zero-order chi connectivity index (χ0) is 23.0. The predicted molar refractivity (Wildman–Crippen MR) is 114 cm³/mol. The van der Waals surface area contributed by atoms with Crippen LogP contribution in [0.3, 0.4) is 0 Å². The summed E-state index contributed by atoms with van der Waals surface area (Å²) >= 11 is 6.07. The van der Waals surface area contributed by atoms with Crippen molar-refractivity contribution in [3.63, 3.8) is 0 Å². The number of carbonyl (C=O) groups excluding carboxylic acids is 1. The van der Waals surface area contributed by atoms with E-state index in [9.17, 15) is 18.0 Å². The van der Waals surface area contributed by atoms with Crippen LogP contribution in [0.2, 0.25) is 5.28 Å². The number of hydrogen-bond acceptors (Lipinski definition) is 6. The molecule has 4 rings (SSSR count). The van der Waals surface area contributed by atoms with Gasteiger partial charge in [-0.1, -0.05) is 0 Å². The van der Waals surface area contributed by atoms with Gasteiger partial charge in [0.2, 0.25) is 11.2 Å². The van der Waals surface area contributed by atoms with E-state index in [4.69, 9.17) is 22.1 Å². The van der Waals surface area contributed by atoms with Gasteiger partial charge in [0.1, 0.15) is 5.82 Å². The molecule has 1 aromatic heterocycles. The van der Waals surface area contributed by atoms with Gasteiger partial charge in [0, 0.05) is 36.3 Å². The molecule has 3 N–H and O–H groups in total. The average Bonchev–Trinajstić information content (AvgIpc) is 3.17. The molecule has 0 spiro atoms. The smallest absolute Gasteiger partial charge is 0.399 e. The quantitative estimate of drug-likeness (QED) is 0.526. The Balaban J connectivity index is 1.57. The Morgan fingerprint density at radius 3 is 2.66 bits per heavy atom. The Bertz CT molecular complexity index is 1080. The third-order valence-electron chi connectivity index (χ3n) is 5.42. The molecule has 1 amide bonds. The third kappa shape index (κ3) is 4.66. The van der Waals surface area contributed by atoms with E-state index in [-0.39, 0.29) is 16.9 Å². The highest BCUT2D eigenvalue weighted by Crippen LogP contribution is 2.35. The zero-order valence-corrected chi connectivity index (χ0v) is 17.9. The second-order valence-electron chi connectivity index (χ2n) is 7.71. The van der Waals surface area contributed by atoms with Gasteiger partial charge in [-0.05, 0) is 48.4 Å². The summed E-state index contributed by atoms with van der Waals surface area (Å²) in [5.41, 5.74) is 6.95. The molecule has 2 heterocycles. The summed E-state index contributed by atoms with van der Waals surface area (Å²) in [7, 11) is 0. The maximum absolute atomic E-state index is 13.2. The Morgan fingerprint density at radius 1 is 1.25 bits per heavy atom. The molecule has 2 aromatic rings. The maximum atomic E-state index is 13.2. The number of carbonyl (C=O) groups is 1. The molecule has 11 heteroatoms. The average molecular weight is 468 g/mol. The lowest BCUT2D eigenvalue weighted by Gasteiger charge is -2.27. The number of aromatic nitrogens is 2. The topological polar surface area (TPSA) is 93.4 Å². The summed E-state index contributed by atoms with van der Waals surface area (Å²) in [5.74, 6) is 0.261. The second-order valence-corrected chi connectivity index (χ2v) is 8.05. The highest BCUT2D eigenvalue weighted by molar-refractivity contribution is 6.28. The van der Waals surface area contributed by atoms with Crippen molar-refractivity contribution in [1.82, 2.24) is 14.9 Å². The first-order valence-electron chi connectivity index (χ1n) is 10.00. The van der Waals surface area contributed by atoms with Crippen LogP contribution in [-0.4, -0.2) is 47.1 Å². The summed E-state index contributed by atoms with van der Waals surface area (Å²) in [4.78, 5) is 23.0. The van der Waals surface area contributed by atoms with E-state index < -0.39 is 17.8 Å². The van der Waals surface area contributed by atoms with Crippen molar-refractivity contribution in [3.8, 4) is 0 Å². The van der Waals surface area contributed by atoms with Gasteiger partial charge >= 0.3 is 6.18 Å². The fourth-order valence-electron chi connectivity index (χ4n) is 3.78. The number of anilines is 2. The second kappa shape index (κ2) is 8.59. The molecule has 1 saturated heterocycles. The molecule has 0 radical (unpaired) electrons. The number of nitrogens with one attached hydrogen (secondary N) is 1. The standard InChI is InChI=1S/C21H21ClF3N5O2/c1-11(12-6-14(21(23,24)25)10-15(26)7-12)27-18-16-8-13(9-17(16)28-20(22)29-18)19(31)30-2-4-32-5-3-30/h6-7,9-11H,2-5,8,26H2,1H3,(H,27,28,29)/t11-/m1/s1. The van der Waals surface area contributed by atoms with Crippen LogP contribution in [0.1, 0.15) is 35.3 Å². The Kier molecular flexibility index (Phi) is 6.00.